The van der Waals surface area contributed by atoms with Crippen LogP contribution in [0.1, 0.15) is 95.1 Å². The third-order valence-electron chi connectivity index (χ3n) is 10.7. The quantitative estimate of drug-likeness (QED) is 0.121. The predicted octanol–water partition coefficient (Wildman–Crippen LogP) is 9.85. The number of benzene rings is 1. The average molecular weight is 665 g/mol. The van der Waals surface area contributed by atoms with Gasteiger partial charge in [0.15, 0.2) is 16.6 Å². The molecule has 0 aliphatic rings. The van der Waals surface area contributed by atoms with E-state index < -0.39 is 22.7 Å². The molecule has 45 heavy (non-hydrogen) atoms. The Balaban J connectivity index is 3.18. The minimum atomic E-state index is -2.11. The third-order valence-corrected chi connectivity index (χ3v) is 19.7. The molecule has 2 N–H and O–H groups in total. The molecule has 0 radical (unpaired) electrons. The third kappa shape index (κ3) is 13.0. The molecular formula is C38H72O5Si2. The molecule has 0 spiro atoms. The zero-order valence-corrected chi connectivity index (χ0v) is 34.0. The SMILES string of the molecule is CC(=C[C@H](C)[C@@H](O[Si](C)(C)C(C)(C)C)[C@@H](C)CO)CC(C)C(O[Si](C)(C)C(C)(C)C)C(C)C(O)[C@@H](C)COCc1ccccc1. The van der Waals surface area contributed by atoms with Gasteiger partial charge >= 0.3 is 0 Å². The maximum absolute atomic E-state index is 11.6. The van der Waals surface area contributed by atoms with E-state index in [1.54, 1.807) is 0 Å². The molecule has 0 fully saturated rings. The van der Waals surface area contributed by atoms with Gasteiger partial charge in [0.2, 0.25) is 0 Å². The van der Waals surface area contributed by atoms with Crippen molar-refractivity contribution in [1.29, 1.82) is 0 Å². The van der Waals surface area contributed by atoms with Gasteiger partial charge in [0.25, 0.3) is 0 Å². The molecular weight excluding hydrogens is 593 g/mol. The van der Waals surface area contributed by atoms with Crippen molar-refractivity contribution in [3.8, 4) is 0 Å². The Kier molecular flexibility index (Phi) is 16.5. The topological polar surface area (TPSA) is 68.2 Å². The molecule has 0 saturated heterocycles. The van der Waals surface area contributed by atoms with Crippen LogP contribution < -0.4 is 0 Å². The normalized spacial score (nSPS) is 19.4. The summed E-state index contributed by atoms with van der Waals surface area (Å²) >= 11 is 0. The van der Waals surface area contributed by atoms with Gasteiger partial charge in [-0.3, -0.25) is 0 Å². The van der Waals surface area contributed by atoms with Gasteiger partial charge in [0, 0.05) is 24.4 Å². The van der Waals surface area contributed by atoms with E-state index >= 15 is 0 Å². The fraction of sp³-hybridized carbons (Fsp3) is 0.789. The van der Waals surface area contributed by atoms with E-state index in [2.05, 4.69) is 127 Å². The van der Waals surface area contributed by atoms with Crippen LogP contribution in [0, 0.1) is 29.6 Å². The van der Waals surface area contributed by atoms with E-state index in [0.717, 1.165) is 12.0 Å². The van der Waals surface area contributed by atoms with Crippen molar-refractivity contribution < 1.29 is 23.8 Å². The minimum absolute atomic E-state index is 0.0219. The first-order chi connectivity index (χ1) is 20.4. The number of hydrogen-bond donors (Lipinski definition) is 2. The summed E-state index contributed by atoms with van der Waals surface area (Å²) in [4.78, 5) is 0. The van der Waals surface area contributed by atoms with Gasteiger partial charge in [0.05, 0.1) is 31.5 Å². The lowest BCUT2D eigenvalue weighted by atomic mass is 9.82. The molecule has 1 rings (SSSR count). The highest BCUT2D eigenvalue weighted by Crippen LogP contribution is 2.42. The smallest absolute Gasteiger partial charge is 0.192 e. The van der Waals surface area contributed by atoms with Crippen molar-refractivity contribution in [2.24, 2.45) is 29.6 Å². The van der Waals surface area contributed by atoms with Crippen LogP contribution in [-0.4, -0.2) is 58.4 Å². The predicted molar refractivity (Wildman–Crippen MR) is 198 cm³/mol. The highest BCUT2D eigenvalue weighted by atomic mass is 28.4. The van der Waals surface area contributed by atoms with E-state index in [1.807, 2.05) is 18.2 Å². The average Bonchev–Trinajstić information content (AvgIpc) is 2.92. The van der Waals surface area contributed by atoms with E-state index in [-0.39, 0.29) is 58.5 Å². The van der Waals surface area contributed by atoms with Gasteiger partial charge < -0.3 is 23.8 Å². The van der Waals surface area contributed by atoms with Crippen molar-refractivity contribution in [3.05, 3.63) is 47.5 Å². The Bertz CT molecular complexity index is 1010. The van der Waals surface area contributed by atoms with Crippen molar-refractivity contribution >= 4 is 16.6 Å². The molecule has 5 nitrogen and oxygen atoms in total. The van der Waals surface area contributed by atoms with Gasteiger partial charge in [-0.1, -0.05) is 118 Å². The number of aliphatic hydroxyl groups excluding tert-OH is 2. The molecule has 0 saturated carbocycles. The van der Waals surface area contributed by atoms with Crippen LogP contribution in [0.3, 0.4) is 0 Å². The van der Waals surface area contributed by atoms with Gasteiger partial charge in [-0.2, -0.15) is 0 Å². The van der Waals surface area contributed by atoms with Crippen LogP contribution in [0.2, 0.25) is 36.3 Å². The van der Waals surface area contributed by atoms with Crippen LogP contribution >= 0.6 is 0 Å². The lowest BCUT2D eigenvalue weighted by Crippen LogP contribution is -2.50. The van der Waals surface area contributed by atoms with E-state index in [0.29, 0.717) is 13.2 Å². The van der Waals surface area contributed by atoms with Gasteiger partial charge in [-0.05, 0) is 67.0 Å². The van der Waals surface area contributed by atoms with Crippen molar-refractivity contribution in [2.45, 2.75) is 151 Å². The zero-order valence-electron chi connectivity index (χ0n) is 32.0. The second-order valence-corrected chi connectivity index (χ2v) is 26.7. The lowest BCUT2D eigenvalue weighted by molar-refractivity contribution is -0.0443. The number of ether oxygens (including phenoxy) is 1. The van der Waals surface area contributed by atoms with E-state index in [4.69, 9.17) is 13.6 Å². The lowest BCUT2D eigenvalue weighted by Gasteiger charge is -2.44. The first-order valence-electron chi connectivity index (χ1n) is 17.4. The van der Waals surface area contributed by atoms with Crippen LogP contribution in [-0.2, 0) is 20.2 Å². The molecule has 4 unspecified atom stereocenters. The van der Waals surface area contributed by atoms with Crippen LogP contribution in [0.25, 0.3) is 0 Å². The van der Waals surface area contributed by atoms with Crippen LogP contribution in [0.5, 0.6) is 0 Å². The van der Waals surface area contributed by atoms with Crippen molar-refractivity contribution in [2.75, 3.05) is 13.2 Å². The molecule has 0 heterocycles. The molecule has 0 bridgehead atoms. The summed E-state index contributed by atoms with van der Waals surface area (Å²) in [5.74, 6) is 0.341. The summed E-state index contributed by atoms with van der Waals surface area (Å²) in [5, 5.41) is 21.9. The Morgan fingerprint density at radius 1 is 0.778 bits per heavy atom. The maximum Gasteiger partial charge on any atom is 0.192 e. The Morgan fingerprint density at radius 3 is 1.73 bits per heavy atom. The summed E-state index contributed by atoms with van der Waals surface area (Å²) < 4.78 is 20.1. The van der Waals surface area contributed by atoms with E-state index in [1.165, 1.54) is 5.57 Å². The Morgan fingerprint density at radius 2 is 1.27 bits per heavy atom. The highest BCUT2D eigenvalue weighted by Gasteiger charge is 2.44. The summed E-state index contributed by atoms with van der Waals surface area (Å²) in [6, 6.07) is 10.2. The summed E-state index contributed by atoms with van der Waals surface area (Å²) in [5.41, 5.74) is 2.44. The Labute approximate surface area is 280 Å². The van der Waals surface area contributed by atoms with Crippen LogP contribution in [0.4, 0.5) is 0 Å². The van der Waals surface area contributed by atoms with Crippen molar-refractivity contribution in [1.82, 2.24) is 0 Å². The van der Waals surface area contributed by atoms with Gasteiger partial charge in [-0.25, -0.2) is 0 Å². The summed E-state index contributed by atoms with van der Waals surface area (Å²) in [6.45, 7) is 37.0. The van der Waals surface area contributed by atoms with E-state index in [9.17, 15) is 10.2 Å². The molecule has 0 aliphatic carbocycles. The molecule has 0 amide bonds. The summed E-state index contributed by atoms with van der Waals surface area (Å²) in [6.07, 6.45) is 2.55. The molecule has 262 valence electrons. The molecule has 8 atom stereocenters. The monoisotopic (exact) mass is 664 g/mol. The molecule has 1 aromatic carbocycles. The minimum Gasteiger partial charge on any atom is -0.413 e. The number of aliphatic hydroxyl groups is 2. The summed E-state index contributed by atoms with van der Waals surface area (Å²) in [7, 11) is -4.13. The second kappa shape index (κ2) is 17.6. The molecule has 0 aromatic heterocycles. The van der Waals surface area contributed by atoms with Gasteiger partial charge in [0.1, 0.15) is 0 Å². The maximum atomic E-state index is 11.6. The number of allylic oxidation sites excluding steroid dienone is 1. The number of rotatable bonds is 18. The van der Waals surface area contributed by atoms with Crippen LogP contribution in [0.15, 0.2) is 42.0 Å². The first-order valence-corrected chi connectivity index (χ1v) is 23.2. The first kappa shape index (κ1) is 42.2. The Hall–Kier alpha value is -0.806. The standard InChI is InChI=1S/C38H72O5Si2/c1-27(22-28(2)35(30(4)24-39)42-44(13,14)37(7,8)9)23-29(3)36(43-45(15,16)38(10,11)12)32(6)34(40)31(5)25-41-26-33-20-18-17-19-21-33/h17-22,28-32,34-36,39-40H,23-26H2,1-16H3/t28-,29?,30-,31-,32?,34?,35+,36?/m0/s1. The largest absolute Gasteiger partial charge is 0.413 e. The van der Waals surface area contributed by atoms with Gasteiger partial charge in [-0.15, -0.1) is 0 Å². The highest BCUT2D eigenvalue weighted by molar-refractivity contribution is 6.74. The molecule has 7 heteroatoms. The fourth-order valence-electron chi connectivity index (χ4n) is 5.60. The fourth-order valence-corrected chi connectivity index (χ4v) is 8.57. The number of hydrogen-bond acceptors (Lipinski definition) is 5. The molecule has 0 aliphatic heterocycles. The second-order valence-electron chi connectivity index (χ2n) is 17.2. The zero-order chi connectivity index (χ0) is 35.0. The molecule has 1 aromatic rings. The van der Waals surface area contributed by atoms with Crippen molar-refractivity contribution in [3.63, 3.8) is 0 Å².